The fraction of sp³-hybridized carbons (Fsp3) is 0.120. The van der Waals surface area contributed by atoms with Crippen molar-refractivity contribution in [1.82, 2.24) is 0 Å². The Morgan fingerprint density at radius 3 is 1.09 bits per heavy atom. The van der Waals surface area contributed by atoms with E-state index < -0.39 is 20.3 Å². The van der Waals surface area contributed by atoms with Gasteiger partial charge in [0.15, 0.2) is 0 Å². The molecule has 0 nitrogen and oxygen atoms in total. The molecule has 2 unspecified atom stereocenters. The quantitative estimate of drug-likeness (QED) is 0.158. The molecule has 0 N–H and O–H groups in total. The van der Waals surface area contributed by atoms with E-state index in [4.69, 9.17) is 0 Å². The third-order valence-corrected chi connectivity index (χ3v) is 26.1. The molecule has 256 valence electrons. The van der Waals surface area contributed by atoms with Gasteiger partial charge < -0.3 is 24.8 Å². The van der Waals surface area contributed by atoms with Crippen LogP contribution < -0.4 is 24.8 Å². The molecular weight excluding hydrogens is 763 g/mol. The first-order chi connectivity index (χ1) is 25.1. The molecule has 1 aliphatic heterocycles. The maximum absolute atomic E-state index is 2.83. The molecule has 1 saturated heterocycles. The van der Waals surface area contributed by atoms with Gasteiger partial charge in [0, 0.05) is 0 Å². The Hall–Kier alpha value is -4.26. The molecule has 3 aliphatic rings. The van der Waals surface area contributed by atoms with Gasteiger partial charge in [0.1, 0.15) is 0 Å². The molecule has 0 saturated carbocycles. The third-order valence-electron chi connectivity index (χ3n) is 12.6. The van der Waals surface area contributed by atoms with E-state index >= 15 is 0 Å². The molecule has 8 aromatic carbocycles. The molecule has 8 aromatic rings. The maximum atomic E-state index is 2.59. The van der Waals surface area contributed by atoms with Crippen LogP contribution in [0.1, 0.15) is 43.4 Å². The van der Waals surface area contributed by atoms with Crippen LogP contribution in [0.15, 0.2) is 157 Å². The second-order valence-electron chi connectivity index (χ2n) is 15.4. The van der Waals surface area contributed by atoms with Crippen LogP contribution in [0.3, 0.4) is 0 Å². The molecule has 11 rings (SSSR count). The predicted octanol–water partition coefficient (Wildman–Crippen LogP) is 8.26. The maximum Gasteiger partial charge on any atom is -1.00 e. The van der Waals surface area contributed by atoms with Gasteiger partial charge in [-0.25, -0.2) is 0 Å². The predicted molar refractivity (Wildman–Crippen MR) is 216 cm³/mol. The van der Waals surface area contributed by atoms with Crippen LogP contribution in [0.5, 0.6) is 0 Å². The summed E-state index contributed by atoms with van der Waals surface area (Å²) in [5.41, 5.74) is 14.9. The molecule has 0 spiro atoms. The molecule has 0 amide bonds. The van der Waals surface area contributed by atoms with Crippen molar-refractivity contribution in [2.75, 3.05) is 0 Å². The van der Waals surface area contributed by atoms with E-state index in [0.29, 0.717) is 7.25 Å². The fourth-order valence-electron chi connectivity index (χ4n) is 10.6. The average molecular weight is 801 g/mol. The molecule has 0 bridgehead atoms. The second-order valence-corrected chi connectivity index (χ2v) is 26.7. The van der Waals surface area contributed by atoms with Crippen LogP contribution in [0.4, 0.5) is 0 Å². The van der Waals surface area contributed by atoms with Crippen molar-refractivity contribution in [3.8, 4) is 22.3 Å². The van der Waals surface area contributed by atoms with Gasteiger partial charge in [0.2, 0.25) is 0 Å². The molecule has 0 aromatic heterocycles. The summed E-state index contributed by atoms with van der Waals surface area (Å²) in [6, 6.07) is 55.1. The number of hydrogen-bond acceptors (Lipinski definition) is 0. The Labute approximate surface area is 328 Å². The summed E-state index contributed by atoms with van der Waals surface area (Å²) in [5, 5.41) is 10.7. The first-order valence-electron chi connectivity index (χ1n) is 18.5. The molecule has 2 atom stereocenters. The van der Waals surface area contributed by atoms with Crippen LogP contribution in [-0.2, 0) is 20.3 Å². The average Bonchev–Trinajstić information content (AvgIpc) is 3.74. The zero-order valence-corrected chi connectivity index (χ0v) is 33.8. The SMILES string of the molecule is CC1=Cc2c(-c3c4ccccc4cc4ccccc34)cccc2[CH]1[Zr+2]1([CH]2C(C)=Cc3c(-c4c5ccccc5cc5ccccc45)cccc32)[CH2][CH2]1.[Cl-].[Cl-]. The van der Waals surface area contributed by atoms with Crippen molar-refractivity contribution in [3.63, 3.8) is 0 Å². The van der Waals surface area contributed by atoms with Gasteiger partial charge in [-0.2, -0.15) is 0 Å². The minimum Gasteiger partial charge on any atom is -1.00 e. The smallest absolute Gasteiger partial charge is 1.00 e. The summed E-state index contributed by atoms with van der Waals surface area (Å²) in [5.74, 6) is 0. The van der Waals surface area contributed by atoms with E-state index in [0.717, 1.165) is 0 Å². The Morgan fingerprint density at radius 1 is 0.415 bits per heavy atom. The number of hydrogen-bond donors (Lipinski definition) is 0. The van der Waals surface area contributed by atoms with Gasteiger partial charge in [0.05, 0.1) is 0 Å². The summed E-state index contributed by atoms with van der Waals surface area (Å²) >= 11 is -2.83. The van der Waals surface area contributed by atoms with Crippen molar-refractivity contribution in [3.05, 3.63) is 179 Å². The summed E-state index contributed by atoms with van der Waals surface area (Å²) in [6.45, 7) is 4.92. The topological polar surface area (TPSA) is 0 Å². The first kappa shape index (κ1) is 34.5. The number of halogens is 2. The van der Waals surface area contributed by atoms with Crippen LogP contribution in [0, 0.1) is 0 Å². The van der Waals surface area contributed by atoms with E-state index in [1.165, 1.54) is 84.7 Å². The van der Waals surface area contributed by atoms with Gasteiger partial charge >= 0.3 is 306 Å². The first-order valence-corrected chi connectivity index (χ1v) is 24.9. The Kier molecular flexibility index (Phi) is 8.43. The van der Waals surface area contributed by atoms with Gasteiger partial charge in [0.25, 0.3) is 0 Å². The Morgan fingerprint density at radius 2 is 0.755 bits per heavy atom. The van der Waals surface area contributed by atoms with Crippen LogP contribution >= 0.6 is 0 Å². The minimum atomic E-state index is -2.83. The molecule has 53 heavy (non-hydrogen) atoms. The van der Waals surface area contributed by atoms with Crippen molar-refractivity contribution in [2.45, 2.75) is 29.4 Å². The monoisotopic (exact) mass is 798 g/mol. The molecule has 1 heterocycles. The zero-order chi connectivity index (χ0) is 33.8. The van der Waals surface area contributed by atoms with E-state index in [1.807, 2.05) is 0 Å². The number of rotatable bonds is 4. The zero-order valence-electron chi connectivity index (χ0n) is 29.8. The van der Waals surface area contributed by atoms with E-state index in [-0.39, 0.29) is 24.8 Å². The molecule has 3 heteroatoms. The third kappa shape index (κ3) is 5.04. The van der Waals surface area contributed by atoms with Gasteiger partial charge in [-0.3, -0.25) is 0 Å². The second kappa shape index (κ2) is 13.0. The van der Waals surface area contributed by atoms with Crippen molar-refractivity contribution in [2.24, 2.45) is 0 Å². The summed E-state index contributed by atoms with van der Waals surface area (Å²) in [4.78, 5) is 0. The van der Waals surface area contributed by atoms with Gasteiger partial charge in [-0.05, 0) is 0 Å². The fourth-order valence-corrected chi connectivity index (χ4v) is 28.3. The number of allylic oxidation sites excluding steroid dienone is 2. The van der Waals surface area contributed by atoms with Crippen molar-refractivity contribution >= 4 is 55.2 Å². The summed E-state index contributed by atoms with van der Waals surface area (Å²) in [6.07, 6.45) is 5.19. The van der Waals surface area contributed by atoms with E-state index in [9.17, 15) is 0 Å². The normalized spacial score (nSPS) is 17.3. The van der Waals surface area contributed by atoms with Crippen LogP contribution in [0.25, 0.3) is 77.5 Å². The van der Waals surface area contributed by atoms with Crippen LogP contribution in [0.2, 0.25) is 8.26 Å². The largest absolute Gasteiger partial charge is 1.00 e. The number of benzene rings is 8. The Balaban J connectivity index is 0.00000186. The van der Waals surface area contributed by atoms with E-state index in [1.54, 1.807) is 22.3 Å². The molecule has 1 fully saturated rings. The Bertz CT molecular complexity index is 2560. The number of fused-ring (bicyclic) bond motifs is 6. The van der Waals surface area contributed by atoms with Gasteiger partial charge in [-0.15, -0.1) is 0 Å². The standard InChI is InChI=1S/2C24H17.C2H4.2ClH.Zr/c2*1-16-13-17-9-6-12-22(23(17)14-16)24-20-10-4-2-7-18(20)15-19-8-3-5-11-21(19)24;1-2;;;/h2*2-15H,1H3;1-2H2;2*1H;/q;;;;;+2/p-2. The van der Waals surface area contributed by atoms with Crippen LogP contribution in [-0.4, -0.2) is 0 Å². The van der Waals surface area contributed by atoms with E-state index in [2.05, 4.69) is 172 Å². The minimum absolute atomic E-state index is 0. The molecule has 0 radical (unpaired) electrons. The summed E-state index contributed by atoms with van der Waals surface area (Å²) in [7, 11) is 0. The van der Waals surface area contributed by atoms with Crippen molar-refractivity contribution < 1.29 is 45.1 Å². The van der Waals surface area contributed by atoms with Crippen molar-refractivity contribution in [1.29, 1.82) is 0 Å². The summed E-state index contributed by atoms with van der Waals surface area (Å²) < 4.78 is 4.14. The molecular formula is C50H38Cl2Zr. The van der Waals surface area contributed by atoms with Gasteiger partial charge in [-0.1, -0.05) is 0 Å². The molecule has 2 aliphatic carbocycles.